The fourth-order valence-electron chi connectivity index (χ4n) is 1.42. The molecule has 1 unspecified atom stereocenters. The Morgan fingerprint density at radius 3 is 3.07 bits per heavy atom. The van der Waals surface area contributed by atoms with Gasteiger partial charge in [-0.1, -0.05) is 12.1 Å². The van der Waals surface area contributed by atoms with Crippen LogP contribution in [0.1, 0.15) is 18.1 Å². The molecule has 0 spiro atoms. The second kappa shape index (κ2) is 3.67. The van der Waals surface area contributed by atoms with Gasteiger partial charge in [-0.05, 0) is 17.7 Å². The van der Waals surface area contributed by atoms with E-state index in [-0.39, 0.29) is 12.0 Å². The first-order valence-corrected chi connectivity index (χ1v) is 4.38. The zero-order valence-corrected chi connectivity index (χ0v) is 7.82. The van der Waals surface area contributed by atoms with E-state index in [4.69, 9.17) is 9.57 Å². The summed E-state index contributed by atoms with van der Waals surface area (Å²) in [6.45, 7) is 0. The molecule has 1 heterocycles. The summed E-state index contributed by atoms with van der Waals surface area (Å²) in [6.07, 6.45) is 0.172. The summed E-state index contributed by atoms with van der Waals surface area (Å²) >= 11 is 0. The van der Waals surface area contributed by atoms with E-state index in [1.807, 2.05) is 24.3 Å². The number of hydroxylamine groups is 1. The second-order valence-electron chi connectivity index (χ2n) is 3.11. The van der Waals surface area contributed by atoms with Crippen LogP contribution < -0.4 is 10.2 Å². The number of carbonyl (C=O) groups is 1. The van der Waals surface area contributed by atoms with Gasteiger partial charge in [0, 0.05) is 0 Å². The van der Waals surface area contributed by atoms with E-state index in [1.165, 1.54) is 0 Å². The van der Waals surface area contributed by atoms with Gasteiger partial charge in [0.15, 0.2) is 0 Å². The van der Waals surface area contributed by atoms with Gasteiger partial charge in [-0.2, -0.15) is 0 Å². The molecule has 14 heavy (non-hydrogen) atoms. The minimum absolute atomic E-state index is 0.0854. The van der Waals surface area contributed by atoms with Crippen molar-refractivity contribution < 1.29 is 14.4 Å². The van der Waals surface area contributed by atoms with Crippen molar-refractivity contribution in [2.45, 2.75) is 12.5 Å². The van der Waals surface area contributed by atoms with Crippen LogP contribution in [0.5, 0.6) is 5.75 Å². The number of carbonyl (C=O) groups excluding carboxylic acids is 1. The van der Waals surface area contributed by atoms with Gasteiger partial charge in [0.2, 0.25) is 5.91 Å². The lowest BCUT2D eigenvalue weighted by molar-refractivity contribution is -0.124. The number of nitrogens with one attached hydrogen (secondary N) is 1. The Hall–Kier alpha value is -1.55. The van der Waals surface area contributed by atoms with Crippen molar-refractivity contribution in [1.82, 2.24) is 5.48 Å². The fraction of sp³-hybridized carbons (Fsp3) is 0.300. The molecule has 1 aromatic rings. The molecule has 1 atom stereocenters. The van der Waals surface area contributed by atoms with Crippen LogP contribution in [0.25, 0.3) is 0 Å². The third-order valence-electron chi connectivity index (χ3n) is 2.15. The average molecular weight is 193 g/mol. The molecule has 0 aliphatic carbocycles. The molecule has 0 saturated carbocycles. The molecule has 1 saturated heterocycles. The first-order chi connectivity index (χ1) is 6.79. The van der Waals surface area contributed by atoms with Gasteiger partial charge in [0.25, 0.3) is 0 Å². The van der Waals surface area contributed by atoms with Gasteiger partial charge >= 0.3 is 0 Å². The predicted octanol–water partition coefficient (Wildman–Crippen LogP) is 1.19. The smallest absolute Gasteiger partial charge is 0.246 e. The highest BCUT2D eigenvalue weighted by Crippen LogP contribution is 2.26. The largest absolute Gasteiger partial charge is 0.497 e. The van der Waals surface area contributed by atoms with E-state index < -0.39 is 0 Å². The Labute approximate surface area is 81.8 Å². The Balaban J connectivity index is 2.19. The number of methoxy groups -OCH3 is 1. The van der Waals surface area contributed by atoms with Crippen molar-refractivity contribution in [2.75, 3.05) is 7.11 Å². The molecule has 1 fully saturated rings. The van der Waals surface area contributed by atoms with Crippen molar-refractivity contribution in [3.8, 4) is 5.75 Å². The maximum Gasteiger partial charge on any atom is 0.246 e. The summed E-state index contributed by atoms with van der Waals surface area (Å²) in [4.78, 5) is 16.0. The lowest BCUT2D eigenvalue weighted by Crippen LogP contribution is -2.11. The zero-order chi connectivity index (χ0) is 9.97. The fourth-order valence-corrected chi connectivity index (χ4v) is 1.42. The number of hydrogen-bond donors (Lipinski definition) is 1. The van der Waals surface area contributed by atoms with Crippen LogP contribution >= 0.6 is 0 Å². The number of benzene rings is 1. The summed E-state index contributed by atoms with van der Waals surface area (Å²) in [5.74, 6) is 0.684. The molecule has 4 nitrogen and oxygen atoms in total. The number of ether oxygens (including phenoxy) is 1. The summed E-state index contributed by atoms with van der Waals surface area (Å²) in [7, 11) is 1.61. The third-order valence-corrected chi connectivity index (χ3v) is 2.15. The van der Waals surface area contributed by atoms with E-state index in [0.717, 1.165) is 11.3 Å². The number of amides is 1. The molecule has 1 aliphatic heterocycles. The molecular formula is C10H11NO3. The Kier molecular flexibility index (Phi) is 2.37. The van der Waals surface area contributed by atoms with Crippen molar-refractivity contribution in [3.05, 3.63) is 29.8 Å². The average Bonchev–Trinajstić information content (AvgIpc) is 2.65. The van der Waals surface area contributed by atoms with Gasteiger partial charge in [-0.15, -0.1) is 0 Å². The van der Waals surface area contributed by atoms with Crippen LogP contribution in [0.4, 0.5) is 0 Å². The molecule has 1 amide bonds. The van der Waals surface area contributed by atoms with Crippen LogP contribution in [0.15, 0.2) is 24.3 Å². The molecule has 0 bridgehead atoms. The molecule has 74 valence electrons. The molecule has 4 heteroatoms. The van der Waals surface area contributed by atoms with E-state index in [1.54, 1.807) is 7.11 Å². The summed E-state index contributed by atoms with van der Waals surface area (Å²) in [5, 5.41) is 0. The van der Waals surface area contributed by atoms with E-state index >= 15 is 0 Å². The monoisotopic (exact) mass is 193 g/mol. The van der Waals surface area contributed by atoms with Crippen LogP contribution in [-0.2, 0) is 9.63 Å². The Morgan fingerprint density at radius 2 is 2.43 bits per heavy atom. The quantitative estimate of drug-likeness (QED) is 0.767. The second-order valence-corrected chi connectivity index (χ2v) is 3.11. The maximum absolute atomic E-state index is 10.9. The van der Waals surface area contributed by atoms with Crippen molar-refractivity contribution in [3.63, 3.8) is 0 Å². The standard InChI is InChI=1S/C10H11NO3/c1-13-8-4-2-3-7(5-8)9-6-10(12)11-14-9/h2-5,9H,6H2,1H3,(H,11,12). The normalized spacial score (nSPS) is 20.6. The Bertz CT molecular complexity index is 351. The predicted molar refractivity (Wildman–Crippen MR) is 49.6 cm³/mol. The molecule has 0 radical (unpaired) electrons. The molecule has 1 aliphatic rings. The van der Waals surface area contributed by atoms with Gasteiger partial charge in [-0.3, -0.25) is 9.63 Å². The highest BCUT2D eigenvalue weighted by Gasteiger charge is 2.24. The summed E-state index contributed by atoms with van der Waals surface area (Å²) < 4.78 is 5.08. The highest BCUT2D eigenvalue weighted by molar-refractivity contribution is 5.77. The minimum atomic E-state index is -0.197. The van der Waals surface area contributed by atoms with Gasteiger partial charge in [0.1, 0.15) is 11.9 Å². The van der Waals surface area contributed by atoms with Gasteiger partial charge in [-0.25, -0.2) is 5.48 Å². The number of hydrogen-bond acceptors (Lipinski definition) is 3. The van der Waals surface area contributed by atoms with Gasteiger partial charge in [0.05, 0.1) is 13.5 Å². The van der Waals surface area contributed by atoms with E-state index in [2.05, 4.69) is 5.48 Å². The molecule has 2 rings (SSSR count). The minimum Gasteiger partial charge on any atom is -0.497 e. The molecule has 1 aromatic carbocycles. The first-order valence-electron chi connectivity index (χ1n) is 4.38. The van der Waals surface area contributed by atoms with Gasteiger partial charge < -0.3 is 4.74 Å². The lowest BCUT2D eigenvalue weighted by Gasteiger charge is -2.08. The zero-order valence-electron chi connectivity index (χ0n) is 7.82. The molecular weight excluding hydrogens is 182 g/mol. The van der Waals surface area contributed by atoms with E-state index in [0.29, 0.717) is 6.42 Å². The van der Waals surface area contributed by atoms with E-state index in [9.17, 15) is 4.79 Å². The first kappa shape index (κ1) is 9.02. The topological polar surface area (TPSA) is 47.6 Å². The highest BCUT2D eigenvalue weighted by atomic mass is 16.7. The van der Waals surface area contributed by atoms with Crippen LogP contribution in [0.2, 0.25) is 0 Å². The van der Waals surface area contributed by atoms with Crippen LogP contribution in [0, 0.1) is 0 Å². The molecule has 0 aromatic heterocycles. The van der Waals surface area contributed by atoms with Crippen LogP contribution in [-0.4, -0.2) is 13.0 Å². The van der Waals surface area contributed by atoms with Crippen LogP contribution in [0.3, 0.4) is 0 Å². The third kappa shape index (κ3) is 1.70. The molecule has 1 N–H and O–H groups in total. The summed E-state index contributed by atoms with van der Waals surface area (Å²) in [6, 6.07) is 7.51. The van der Waals surface area contributed by atoms with Crippen molar-refractivity contribution in [2.24, 2.45) is 0 Å². The summed E-state index contributed by atoms with van der Waals surface area (Å²) in [5.41, 5.74) is 3.27. The lowest BCUT2D eigenvalue weighted by atomic mass is 10.1. The van der Waals surface area contributed by atoms with Crippen molar-refractivity contribution >= 4 is 5.91 Å². The maximum atomic E-state index is 10.9. The van der Waals surface area contributed by atoms with Crippen molar-refractivity contribution in [1.29, 1.82) is 0 Å². The number of rotatable bonds is 2. The SMILES string of the molecule is COc1cccc(C2CC(=O)NO2)c1. The Morgan fingerprint density at radius 1 is 1.57 bits per heavy atom.